The van der Waals surface area contributed by atoms with Crippen molar-refractivity contribution in [3.8, 4) is 5.75 Å². The van der Waals surface area contributed by atoms with E-state index in [0.717, 1.165) is 11.8 Å². The zero-order valence-electron chi connectivity index (χ0n) is 14.7. The Bertz CT molecular complexity index is 939. The smallest absolute Gasteiger partial charge is 0.273 e. The minimum Gasteiger partial charge on any atom is -0.486 e. The lowest BCUT2D eigenvalue weighted by molar-refractivity contribution is -0.584. The lowest BCUT2D eigenvalue weighted by atomic mass is 9.58. The lowest BCUT2D eigenvalue weighted by Crippen LogP contribution is -2.59. The molecular formula is C21H18ClNO4. The average molecular weight is 384 g/mol. The van der Waals surface area contributed by atoms with Gasteiger partial charge in [0.05, 0.1) is 11.8 Å². The summed E-state index contributed by atoms with van der Waals surface area (Å²) in [6, 6.07) is 14.3. The average Bonchev–Trinajstić information content (AvgIpc) is 2.68. The van der Waals surface area contributed by atoms with Gasteiger partial charge in [-0.05, 0) is 29.7 Å². The Morgan fingerprint density at radius 1 is 1.22 bits per heavy atom. The van der Waals surface area contributed by atoms with Crippen LogP contribution in [-0.4, -0.2) is 23.4 Å². The van der Waals surface area contributed by atoms with E-state index in [-0.39, 0.29) is 17.4 Å². The first-order valence-electron chi connectivity index (χ1n) is 8.77. The Morgan fingerprint density at radius 2 is 1.93 bits per heavy atom. The van der Waals surface area contributed by atoms with E-state index in [1.54, 1.807) is 24.3 Å². The quantitative estimate of drug-likeness (QED) is 0.447. The van der Waals surface area contributed by atoms with Gasteiger partial charge in [0.2, 0.25) is 0 Å². The van der Waals surface area contributed by atoms with Crippen molar-refractivity contribution in [1.82, 2.24) is 0 Å². The molecule has 27 heavy (non-hydrogen) atoms. The summed E-state index contributed by atoms with van der Waals surface area (Å²) in [5.41, 5.74) is 0.454. The summed E-state index contributed by atoms with van der Waals surface area (Å²) in [5.74, 6) is -0.618. The fourth-order valence-corrected chi connectivity index (χ4v) is 4.85. The Morgan fingerprint density at radius 3 is 2.59 bits per heavy atom. The van der Waals surface area contributed by atoms with E-state index < -0.39 is 17.4 Å². The maximum absolute atomic E-state index is 12.5. The van der Waals surface area contributed by atoms with Gasteiger partial charge in [-0.3, -0.25) is 14.9 Å². The van der Waals surface area contributed by atoms with Crippen molar-refractivity contribution < 1.29 is 14.5 Å². The molecule has 2 aromatic rings. The summed E-state index contributed by atoms with van der Waals surface area (Å²) < 4.78 is 5.86. The van der Waals surface area contributed by atoms with Gasteiger partial charge in [-0.15, -0.1) is 0 Å². The van der Waals surface area contributed by atoms with Gasteiger partial charge >= 0.3 is 0 Å². The van der Waals surface area contributed by atoms with Crippen LogP contribution in [0.4, 0.5) is 0 Å². The minimum absolute atomic E-state index is 0.0928. The van der Waals surface area contributed by atoms with Crippen LogP contribution in [0.3, 0.4) is 0 Å². The van der Waals surface area contributed by atoms with Crippen LogP contribution in [-0.2, 0) is 4.79 Å². The van der Waals surface area contributed by atoms with Crippen LogP contribution < -0.4 is 4.74 Å². The Kier molecular flexibility index (Phi) is 4.27. The molecule has 0 aromatic heterocycles. The van der Waals surface area contributed by atoms with Crippen molar-refractivity contribution >= 4 is 17.9 Å². The molecule has 2 aromatic carbocycles. The second kappa shape index (κ2) is 6.50. The number of carbonyl (C=O) groups excluding carboxylic acids is 1. The third-order valence-electron chi connectivity index (χ3n) is 5.75. The van der Waals surface area contributed by atoms with Crippen molar-refractivity contribution in [2.75, 3.05) is 6.61 Å². The first-order chi connectivity index (χ1) is 13.0. The molecule has 0 radical (unpaired) electrons. The second-order valence-corrected chi connectivity index (χ2v) is 7.62. The first kappa shape index (κ1) is 17.7. The number of hydrogen-bond donors (Lipinski definition) is 0. The number of nitrogens with zero attached hydrogens (tertiary/aromatic N) is 1. The fraction of sp³-hybridized carbons (Fsp3) is 0.286. The van der Waals surface area contributed by atoms with Gasteiger partial charge in [-0.25, -0.2) is 0 Å². The molecule has 4 rings (SSSR count). The van der Waals surface area contributed by atoms with Crippen LogP contribution in [0.1, 0.15) is 29.9 Å². The third-order valence-corrected chi connectivity index (χ3v) is 6.00. The number of nitro groups is 1. The second-order valence-electron chi connectivity index (χ2n) is 7.18. The zero-order chi connectivity index (χ0) is 19.2. The van der Waals surface area contributed by atoms with Crippen molar-refractivity contribution in [1.29, 1.82) is 0 Å². The molecule has 1 aliphatic carbocycles. The summed E-state index contributed by atoms with van der Waals surface area (Å²) in [7, 11) is 0. The molecule has 2 aliphatic rings. The number of allylic oxidation sites excluding steroid dienone is 1. The van der Waals surface area contributed by atoms with Crippen LogP contribution in [0.25, 0.3) is 0 Å². The first-order valence-corrected chi connectivity index (χ1v) is 9.15. The molecule has 138 valence electrons. The number of aldehydes is 1. The summed E-state index contributed by atoms with van der Waals surface area (Å²) >= 11 is 6.00. The fourth-order valence-electron chi connectivity index (χ4n) is 4.72. The molecule has 6 heteroatoms. The van der Waals surface area contributed by atoms with Gasteiger partial charge in [-0.1, -0.05) is 54.9 Å². The summed E-state index contributed by atoms with van der Waals surface area (Å²) in [6.07, 6.45) is 2.60. The molecule has 0 saturated carbocycles. The molecule has 4 atom stereocenters. The standard InChI is InChI=1S/C21H18ClNO4/c1-13-10-15(11-24)20(14-6-8-16(22)9-7-14)21(23(25)26)12-27-18-5-3-2-4-17(18)19(13)21/h2-11,13,19-20H,12H2,1H3/t13-,19-,20+,21+/m1/s1. The van der Waals surface area contributed by atoms with Crippen molar-refractivity contribution in [2.45, 2.75) is 24.3 Å². The van der Waals surface area contributed by atoms with E-state index in [1.807, 2.05) is 37.3 Å². The predicted octanol–water partition coefficient (Wildman–Crippen LogP) is 4.39. The minimum atomic E-state index is -1.47. The van der Waals surface area contributed by atoms with E-state index >= 15 is 0 Å². The maximum atomic E-state index is 12.5. The van der Waals surface area contributed by atoms with Crippen LogP contribution in [0.2, 0.25) is 5.02 Å². The number of fused-ring (bicyclic) bond motifs is 3. The number of carbonyl (C=O) groups is 1. The summed E-state index contributed by atoms with van der Waals surface area (Å²) in [6.45, 7) is 1.83. The monoisotopic (exact) mass is 383 g/mol. The highest BCUT2D eigenvalue weighted by atomic mass is 35.5. The zero-order valence-corrected chi connectivity index (χ0v) is 15.4. The largest absolute Gasteiger partial charge is 0.486 e. The van der Waals surface area contributed by atoms with Gasteiger partial charge in [0.15, 0.2) is 6.61 Å². The van der Waals surface area contributed by atoms with E-state index in [2.05, 4.69) is 0 Å². The molecule has 1 heterocycles. The van der Waals surface area contributed by atoms with Gasteiger partial charge < -0.3 is 4.74 Å². The predicted molar refractivity (Wildman–Crippen MR) is 102 cm³/mol. The number of ether oxygens (including phenoxy) is 1. The summed E-state index contributed by atoms with van der Waals surface area (Å²) in [5, 5.41) is 13.1. The topological polar surface area (TPSA) is 69.4 Å². The van der Waals surface area contributed by atoms with Crippen molar-refractivity contribution in [3.05, 3.63) is 86.4 Å². The molecule has 5 nitrogen and oxygen atoms in total. The normalized spacial score (nSPS) is 29.0. The lowest BCUT2D eigenvalue weighted by Gasteiger charge is -2.47. The number of halogens is 1. The SMILES string of the molecule is C[C@@H]1C=C(C=O)[C@H](c2ccc(Cl)cc2)[C@]2([N+](=O)[O-])COc3ccccc3[C@@H]12. The van der Waals surface area contributed by atoms with Crippen LogP contribution >= 0.6 is 11.6 Å². The molecule has 0 bridgehead atoms. The maximum Gasteiger partial charge on any atom is 0.273 e. The Hall–Kier alpha value is -2.66. The molecule has 0 unspecified atom stereocenters. The molecule has 0 N–H and O–H groups in total. The van der Waals surface area contributed by atoms with Gasteiger partial charge in [0, 0.05) is 21.1 Å². The van der Waals surface area contributed by atoms with E-state index in [1.165, 1.54) is 0 Å². The number of hydrogen-bond acceptors (Lipinski definition) is 4. The highest BCUT2D eigenvalue weighted by Crippen LogP contribution is 2.56. The number of benzene rings is 2. The van der Waals surface area contributed by atoms with Crippen LogP contribution in [0.5, 0.6) is 5.75 Å². The van der Waals surface area contributed by atoms with E-state index in [9.17, 15) is 14.9 Å². The molecule has 0 saturated heterocycles. The van der Waals surface area contributed by atoms with Gasteiger partial charge in [-0.2, -0.15) is 0 Å². The van der Waals surface area contributed by atoms with Crippen LogP contribution in [0.15, 0.2) is 60.2 Å². The molecule has 0 fully saturated rings. The van der Waals surface area contributed by atoms with Gasteiger partial charge in [0.25, 0.3) is 5.54 Å². The van der Waals surface area contributed by atoms with E-state index in [4.69, 9.17) is 16.3 Å². The Balaban J connectivity index is 1.99. The molecular weight excluding hydrogens is 366 g/mol. The van der Waals surface area contributed by atoms with Crippen LogP contribution in [0, 0.1) is 16.0 Å². The number of para-hydroxylation sites is 1. The molecule has 0 amide bonds. The van der Waals surface area contributed by atoms with E-state index in [0.29, 0.717) is 21.9 Å². The van der Waals surface area contributed by atoms with Crippen molar-refractivity contribution in [3.63, 3.8) is 0 Å². The highest BCUT2D eigenvalue weighted by molar-refractivity contribution is 6.30. The van der Waals surface area contributed by atoms with Gasteiger partial charge in [0.1, 0.15) is 12.0 Å². The van der Waals surface area contributed by atoms with Crippen molar-refractivity contribution in [2.24, 2.45) is 5.92 Å². The summed E-state index contributed by atoms with van der Waals surface area (Å²) in [4.78, 5) is 24.2. The molecule has 0 spiro atoms. The third kappa shape index (κ3) is 2.57. The Labute approximate surface area is 161 Å². The molecule has 1 aliphatic heterocycles. The number of rotatable bonds is 3. The highest BCUT2D eigenvalue weighted by Gasteiger charge is 2.64.